The van der Waals surface area contributed by atoms with Crippen molar-refractivity contribution >= 4 is 10.0 Å². The summed E-state index contributed by atoms with van der Waals surface area (Å²) in [4.78, 5) is 1.80. The predicted octanol–water partition coefficient (Wildman–Crippen LogP) is 1.82. The Balaban J connectivity index is 2.63. The summed E-state index contributed by atoms with van der Waals surface area (Å²) in [5.41, 5.74) is 0. The Hall–Kier alpha value is -1.32. The number of alkyl halides is 3. The van der Waals surface area contributed by atoms with Crippen LogP contribution in [0.15, 0.2) is 29.2 Å². The summed E-state index contributed by atoms with van der Waals surface area (Å²) < 4.78 is 65.8. The molecule has 120 valence electrons. The first-order chi connectivity index (χ1) is 9.60. The summed E-state index contributed by atoms with van der Waals surface area (Å²) in [6.07, 6.45) is -4.17. The lowest BCUT2D eigenvalue weighted by Gasteiger charge is -2.11. The van der Waals surface area contributed by atoms with Crippen LogP contribution in [0.2, 0.25) is 0 Å². The highest BCUT2D eigenvalue weighted by Crippen LogP contribution is 2.23. The van der Waals surface area contributed by atoms with Gasteiger partial charge in [0.25, 0.3) is 0 Å². The number of sulfonamides is 1. The van der Waals surface area contributed by atoms with Crippen LogP contribution in [0, 0.1) is 0 Å². The molecule has 0 unspecified atom stereocenters. The molecular formula is C12H17F3N2O3S. The first kappa shape index (κ1) is 17.7. The zero-order valence-corrected chi connectivity index (χ0v) is 12.5. The topological polar surface area (TPSA) is 58.6 Å². The van der Waals surface area contributed by atoms with Gasteiger partial charge in [0.15, 0.2) is 0 Å². The first-order valence-electron chi connectivity index (χ1n) is 6.10. The van der Waals surface area contributed by atoms with E-state index in [2.05, 4.69) is 9.46 Å². The van der Waals surface area contributed by atoms with Gasteiger partial charge in [0.2, 0.25) is 10.0 Å². The lowest BCUT2D eigenvalue weighted by atomic mass is 10.3. The summed E-state index contributed by atoms with van der Waals surface area (Å²) in [6, 6.07) is 4.05. The van der Waals surface area contributed by atoms with Gasteiger partial charge in [-0.25, -0.2) is 13.1 Å². The third-order valence-corrected chi connectivity index (χ3v) is 3.92. The molecule has 0 saturated heterocycles. The molecule has 0 radical (unpaired) electrons. The normalized spacial score (nSPS) is 12.7. The Morgan fingerprint density at radius 1 is 1.19 bits per heavy atom. The molecule has 1 rings (SSSR count). The number of nitrogens with one attached hydrogen (secondary N) is 1. The molecule has 9 heteroatoms. The van der Waals surface area contributed by atoms with Crippen LogP contribution in [-0.4, -0.2) is 46.9 Å². The number of hydrogen-bond donors (Lipinski definition) is 1. The van der Waals surface area contributed by atoms with Crippen molar-refractivity contribution in [3.8, 4) is 5.75 Å². The zero-order valence-electron chi connectivity index (χ0n) is 11.6. The van der Waals surface area contributed by atoms with Crippen LogP contribution in [0.25, 0.3) is 0 Å². The summed E-state index contributed by atoms with van der Waals surface area (Å²) >= 11 is 0. The minimum absolute atomic E-state index is 0.109. The van der Waals surface area contributed by atoms with Crippen LogP contribution in [0.4, 0.5) is 13.2 Å². The predicted molar refractivity (Wildman–Crippen MR) is 71.5 cm³/mol. The minimum atomic E-state index is -4.80. The lowest BCUT2D eigenvalue weighted by molar-refractivity contribution is -0.274. The molecule has 0 atom stereocenters. The van der Waals surface area contributed by atoms with Crippen molar-refractivity contribution in [3.05, 3.63) is 24.3 Å². The minimum Gasteiger partial charge on any atom is -0.406 e. The van der Waals surface area contributed by atoms with Gasteiger partial charge in [-0.1, -0.05) is 0 Å². The molecule has 0 aliphatic carbocycles. The SMILES string of the molecule is CN(C)CCCNS(=O)(=O)c1ccc(OC(F)(F)F)cc1. The van der Waals surface area contributed by atoms with Gasteiger partial charge < -0.3 is 9.64 Å². The van der Waals surface area contributed by atoms with E-state index < -0.39 is 22.1 Å². The number of hydrogen-bond acceptors (Lipinski definition) is 4. The zero-order chi connectivity index (χ0) is 16.1. The fraction of sp³-hybridized carbons (Fsp3) is 0.500. The number of ether oxygens (including phenoxy) is 1. The van der Waals surface area contributed by atoms with Gasteiger partial charge >= 0.3 is 6.36 Å². The molecule has 0 fully saturated rings. The number of benzene rings is 1. The van der Waals surface area contributed by atoms with E-state index in [4.69, 9.17) is 0 Å². The Bertz CT molecular complexity index is 542. The Morgan fingerprint density at radius 3 is 2.24 bits per heavy atom. The van der Waals surface area contributed by atoms with Crippen molar-refractivity contribution in [1.29, 1.82) is 0 Å². The molecule has 0 heterocycles. The van der Waals surface area contributed by atoms with E-state index in [0.717, 1.165) is 30.8 Å². The molecule has 1 N–H and O–H groups in total. The van der Waals surface area contributed by atoms with Gasteiger partial charge in [0.05, 0.1) is 4.90 Å². The van der Waals surface area contributed by atoms with Gasteiger partial charge in [-0.3, -0.25) is 0 Å². The van der Waals surface area contributed by atoms with Crippen molar-refractivity contribution in [2.75, 3.05) is 27.2 Å². The van der Waals surface area contributed by atoms with Crippen LogP contribution in [-0.2, 0) is 10.0 Å². The Kier molecular flexibility index (Phi) is 5.99. The van der Waals surface area contributed by atoms with Gasteiger partial charge in [-0.05, 0) is 51.3 Å². The summed E-state index contributed by atoms with van der Waals surface area (Å²) in [6.45, 7) is 0.974. The fourth-order valence-corrected chi connectivity index (χ4v) is 2.58. The molecule has 21 heavy (non-hydrogen) atoms. The van der Waals surface area contributed by atoms with Crippen molar-refractivity contribution in [1.82, 2.24) is 9.62 Å². The van der Waals surface area contributed by atoms with E-state index in [9.17, 15) is 21.6 Å². The molecule has 0 spiro atoms. The lowest BCUT2D eigenvalue weighted by Crippen LogP contribution is -2.27. The molecule has 1 aromatic rings. The van der Waals surface area contributed by atoms with Gasteiger partial charge in [0, 0.05) is 6.54 Å². The number of rotatable bonds is 7. The molecule has 0 aliphatic rings. The summed E-state index contributed by atoms with van der Waals surface area (Å²) in [5.74, 6) is -0.464. The molecule has 0 amide bonds. The molecule has 0 aliphatic heterocycles. The van der Waals surface area contributed by atoms with E-state index in [1.807, 2.05) is 19.0 Å². The molecular weight excluding hydrogens is 309 g/mol. The van der Waals surface area contributed by atoms with Gasteiger partial charge in [-0.15, -0.1) is 13.2 Å². The highest BCUT2D eigenvalue weighted by atomic mass is 32.2. The smallest absolute Gasteiger partial charge is 0.406 e. The average Bonchev–Trinajstić information content (AvgIpc) is 2.33. The van der Waals surface area contributed by atoms with Crippen LogP contribution < -0.4 is 9.46 Å². The number of nitrogens with zero attached hydrogens (tertiary/aromatic N) is 1. The molecule has 0 bridgehead atoms. The Morgan fingerprint density at radius 2 is 1.76 bits per heavy atom. The van der Waals surface area contributed by atoms with E-state index in [1.54, 1.807) is 0 Å². The second kappa shape index (κ2) is 7.10. The first-order valence-corrected chi connectivity index (χ1v) is 7.59. The Labute approximate surface area is 121 Å². The van der Waals surface area contributed by atoms with Crippen molar-refractivity contribution in [3.63, 3.8) is 0 Å². The van der Waals surface area contributed by atoms with Crippen molar-refractivity contribution < 1.29 is 26.3 Å². The van der Waals surface area contributed by atoms with E-state index >= 15 is 0 Å². The van der Waals surface area contributed by atoms with Gasteiger partial charge in [0.1, 0.15) is 5.75 Å². The highest BCUT2D eigenvalue weighted by Gasteiger charge is 2.31. The van der Waals surface area contributed by atoms with Crippen molar-refractivity contribution in [2.45, 2.75) is 17.7 Å². The maximum Gasteiger partial charge on any atom is 0.573 e. The average molecular weight is 326 g/mol. The van der Waals surface area contributed by atoms with Crippen LogP contribution in [0.5, 0.6) is 5.75 Å². The van der Waals surface area contributed by atoms with E-state index in [1.165, 1.54) is 0 Å². The molecule has 0 aromatic heterocycles. The molecule has 1 aromatic carbocycles. The second-order valence-electron chi connectivity index (χ2n) is 4.57. The highest BCUT2D eigenvalue weighted by molar-refractivity contribution is 7.89. The summed E-state index contributed by atoms with van der Waals surface area (Å²) in [5, 5.41) is 0. The molecule has 5 nitrogen and oxygen atoms in total. The van der Waals surface area contributed by atoms with Gasteiger partial charge in [-0.2, -0.15) is 0 Å². The second-order valence-corrected chi connectivity index (χ2v) is 6.34. The third kappa shape index (κ3) is 6.78. The number of halogens is 3. The van der Waals surface area contributed by atoms with E-state index in [-0.39, 0.29) is 11.4 Å². The third-order valence-electron chi connectivity index (χ3n) is 2.44. The maximum absolute atomic E-state index is 12.0. The van der Waals surface area contributed by atoms with Crippen LogP contribution >= 0.6 is 0 Å². The van der Waals surface area contributed by atoms with E-state index in [0.29, 0.717) is 6.42 Å². The largest absolute Gasteiger partial charge is 0.573 e. The van der Waals surface area contributed by atoms with Crippen LogP contribution in [0.3, 0.4) is 0 Å². The van der Waals surface area contributed by atoms with Crippen molar-refractivity contribution in [2.24, 2.45) is 0 Å². The fourth-order valence-electron chi connectivity index (χ4n) is 1.51. The maximum atomic E-state index is 12.0. The quantitative estimate of drug-likeness (QED) is 0.777. The monoisotopic (exact) mass is 326 g/mol. The van der Waals surface area contributed by atoms with Crippen LogP contribution in [0.1, 0.15) is 6.42 Å². The molecule has 0 saturated carbocycles. The standard InChI is InChI=1S/C12H17F3N2O3S/c1-17(2)9-3-8-16-21(18,19)11-6-4-10(5-7-11)20-12(13,14)15/h4-7,16H,3,8-9H2,1-2H3. The summed E-state index contributed by atoms with van der Waals surface area (Å²) in [7, 11) is 0.0138.